The number of carboxylic acid groups (broad SMARTS) is 1. The highest BCUT2D eigenvalue weighted by Gasteiger charge is 2.61. The van der Waals surface area contributed by atoms with Crippen molar-refractivity contribution in [1.82, 2.24) is 0 Å². The number of fused-ring (bicyclic) bond motifs is 3. The van der Waals surface area contributed by atoms with E-state index in [-0.39, 0.29) is 5.41 Å². The van der Waals surface area contributed by atoms with Crippen molar-refractivity contribution < 1.29 is 9.90 Å². The lowest BCUT2D eigenvalue weighted by Crippen LogP contribution is -2.58. The molecule has 0 saturated heterocycles. The van der Waals surface area contributed by atoms with Gasteiger partial charge in [0.2, 0.25) is 0 Å². The molecule has 0 amide bonds. The van der Waals surface area contributed by atoms with Crippen LogP contribution in [0.4, 0.5) is 0 Å². The van der Waals surface area contributed by atoms with Gasteiger partial charge in [-0.15, -0.1) is 0 Å². The summed E-state index contributed by atoms with van der Waals surface area (Å²) in [5.74, 6) is 0.455. The van der Waals surface area contributed by atoms with E-state index < -0.39 is 11.4 Å². The van der Waals surface area contributed by atoms with Gasteiger partial charge in [-0.2, -0.15) is 0 Å². The van der Waals surface area contributed by atoms with E-state index in [4.69, 9.17) is 0 Å². The molecule has 118 valence electrons. The van der Waals surface area contributed by atoms with Crippen LogP contribution in [0.2, 0.25) is 0 Å². The zero-order valence-electron chi connectivity index (χ0n) is 13.9. The normalized spacial score (nSPS) is 50.1. The van der Waals surface area contributed by atoms with Crippen LogP contribution >= 0.6 is 0 Å². The van der Waals surface area contributed by atoms with Crippen LogP contribution < -0.4 is 0 Å². The number of rotatable bonds is 1. The van der Waals surface area contributed by atoms with E-state index >= 15 is 0 Å². The van der Waals surface area contributed by atoms with Crippen LogP contribution in [0.5, 0.6) is 0 Å². The first-order valence-corrected chi connectivity index (χ1v) is 8.62. The molecule has 3 saturated carbocycles. The largest absolute Gasteiger partial charge is 0.481 e. The Balaban J connectivity index is 1.99. The van der Waals surface area contributed by atoms with Crippen molar-refractivity contribution in [2.75, 3.05) is 0 Å². The van der Waals surface area contributed by atoms with Crippen LogP contribution in [0.3, 0.4) is 0 Å². The first kappa shape index (κ1) is 15.1. The molecule has 0 radical (unpaired) electrons. The summed E-state index contributed by atoms with van der Waals surface area (Å²) in [7, 11) is 0. The molecular weight excluding hydrogens is 260 g/mol. The zero-order valence-corrected chi connectivity index (χ0v) is 13.9. The van der Waals surface area contributed by atoms with E-state index in [1.807, 2.05) is 6.92 Å². The number of hydrogen-bond acceptors (Lipinski definition) is 1. The average Bonchev–Trinajstić information content (AvgIpc) is 2.36. The lowest BCUT2D eigenvalue weighted by molar-refractivity contribution is -0.178. The third-order valence-corrected chi connectivity index (χ3v) is 7.55. The molecule has 0 spiro atoms. The Bertz CT molecular complexity index is 482. The minimum atomic E-state index is -0.567. The topological polar surface area (TPSA) is 37.3 Å². The summed E-state index contributed by atoms with van der Waals surface area (Å²) in [6, 6.07) is 0. The predicted octanol–water partition coefficient (Wildman–Crippen LogP) is 5.04. The second kappa shape index (κ2) is 4.60. The molecule has 3 aliphatic rings. The summed E-state index contributed by atoms with van der Waals surface area (Å²) >= 11 is 0. The Kier molecular flexibility index (Phi) is 3.31. The van der Waals surface area contributed by atoms with Gasteiger partial charge in [0.05, 0.1) is 5.41 Å². The number of allylic oxidation sites excluding steroid dienone is 1. The molecule has 21 heavy (non-hydrogen) atoms. The third-order valence-electron chi connectivity index (χ3n) is 7.55. The van der Waals surface area contributed by atoms with Gasteiger partial charge in [0, 0.05) is 0 Å². The maximum Gasteiger partial charge on any atom is 0.309 e. The van der Waals surface area contributed by atoms with Gasteiger partial charge in [-0.3, -0.25) is 4.79 Å². The maximum atomic E-state index is 12.0. The lowest BCUT2D eigenvalue weighted by atomic mass is 9.41. The van der Waals surface area contributed by atoms with Crippen LogP contribution in [0.25, 0.3) is 0 Å². The van der Waals surface area contributed by atoms with Crippen molar-refractivity contribution >= 4 is 5.97 Å². The van der Waals surface area contributed by atoms with Gasteiger partial charge >= 0.3 is 5.97 Å². The molecule has 2 nitrogen and oxygen atoms in total. The summed E-state index contributed by atoms with van der Waals surface area (Å²) in [6.45, 7) is 11.1. The number of hydrogen-bond donors (Lipinski definition) is 1. The van der Waals surface area contributed by atoms with E-state index in [1.165, 1.54) is 24.8 Å². The van der Waals surface area contributed by atoms with Gasteiger partial charge in [0.15, 0.2) is 0 Å². The van der Waals surface area contributed by atoms with E-state index in [0.29, 0.717) is 17.3 Å². The van der Waals surface area contributed by atoms with Crippen LogP contribution in [-0.2, 0) is 4.79 Å². The quantitative estimate of drug-likeness (QED) is 0.687. The molecular formula is C19H30O2. The first-order valence-electron chi connectivity index (χ1n) is 8.62. The molecule has 0 bridgehead atoms. The van der Waals surface area contributed by atoms with E-state index in [2.05, 4.69) is 20.4 Å². The van der Waals surface area contributed by atoms with Crippen LogP contribution in [-0.4, -0.2) is 11.1 Å². The lowest BCUT2D eigenvalue weighted by Gasteiger charge is -2.63. The predicted molar refractivity (Wildman–Crippen MR) is 85.0 cm³/mol. The van der Waals surface area contributed by atoms with Crippen molar-refractivity contribution in [3.05, 3.63) is 12.2 Å². The van der Waals surface area contributed by atoms with Crippen molar-refractivity contribution in [3.63, 3.8) is 0 Å². The Hall–Kier alpha value is -0.790. The van der Waals surface area contributed by atoms with E-state index in [9.17, 15) is 9.90 Å². The monoisotopic (exact) mass is 290 g/mol. The average molecular weight is 290 g/mol. The van der Waals surface area contributed by atoms with Gasteiger partial charge in [-0.25, -0.2) is 0 Å². The Morgan fingerprint density at radius 1 is 1.14 bits per heavy atom. The fourth-order valence-corrected chi connectivity index (χ4v) is 6.58. The smallest absolute Gasteiger partial charge is 0.309 e. The molecule has 0 aliphatic heterocycles. The highest BCUT2D eigenvalue weighted by Crippen LogP contribution is 2.67. The van der Waals surface area contributed by atoms with Crippen LogP contribution in [0.15, 0.2) is 12.2 Å². The van der Waals surface area contributed by atoms with Gasteiger partial charge in [-0.1, -0.05) is 32.4 Å². The highest BCUT2D eigenvalue weighted by atomic mass is 16.4. The van der Waals surface area contributed by atoms with Crippen molar-refractivity contribution in [2.24, 2.45) is 28.1 Å². The standard InChI is InChI=1S/C19H30O2/c1-13-6-7-14-17(2,12-13)11-8-15-18(14,3)9-5-10-19(15,4)16(20)21/h14-15H,1,5-12H2,2-4H3,(H,20,21)/t14-,15?,17-,18+,19-/m1/s1. The molecule has 5 atom stereocenters. The van der Waals surface area contributed by atoms with Crippen molar-refractivity contribution in [3.8, 4) is 0 Å². The van der Waals surface area contributed by atoms with Crippen LogP contribution in [0, 0.1) is 28.1 Å². The van der Waals surface area contributed by atoms with Crippen molar-refractivity contribution in [1.29, 1.82) is 0 Å². The fraction of sp³-hybridized carbons (Fsp3) is 0.842. The van der Waals surface area contributed by atoms with Gasteiger partial charge in [0.1, 0.15) is 0 Å². The number of aliphatic carboxylic acids is 1. The van der Waals surface area contributed by atoms with Crippen LogP contribution in [0.1, 0.15) is 72.1 Å². The maximum absolute atomic E-state index is 12.0. The van der Waals surface area contributed by atoms with Crippen molar-refractivity contribution in [2.45, 2.75) is 72.1 Å². The molecule has 3 fully saturated rings. The van der Waals surface area contributed by atoms with E-state index in [1.54, 1.807) is 0 Å². The highest BCUT2D eigenvalue weighted by molar-refractivity contribution is 5.75. The minimum absolute atomic E-state index is 0.207. The molecule has 3 aliphatic carbocycles. The molecule has 0 heterocycles. The molecule has 2 heteroatoms. The van der Waals surface area contributed by atoms with Gasteiger partial charge in [0.25, 0.3) is 0 Å². The summed E-state index contributed by atoms with van der Waals surface area (Å²) in [5, 5.41) is 9.84. The Morgan fingerprint density at radius 3 is 2.52 bits per heavy atom. The summed E-state index contributed by atoms with van der Waals surface area (Å²) in [5.41, 5.74) is 1.46. The third kappa shape index (κ3) is 2.01. The summed E-state index contributed by atoms with van der Waals surface area (Å²) in [6.07, 6.45) is 8.93. The molecule has 0 aromatic heterocycles. The summed E-state index contributed by atoms with van der Waals surface area (Å²) in [4.78, 5) is 12.0. The zero-order chi connectivity index (χ0) is 15.5. The molecule has 1 N–H and O–H groups in total. The van der Waals surface area contributed by atoms with Gasteiger partial charge < -0.3 is 5.11 Å². The molecule has 0 aromatic carbocycles. The Labute approximate surface area is 129 Å². The minimum Gasteiger partial charge on any atom is -0.481 e. The molecule has 3 rings (SSSR count). The second-order valence-corrected chi connectivity index (χ2v) is 8.85. The van der Waals surface area contributed by atoms with Gasteiger partial charge in [-0.05, 0) is 74.5 Å². The number of carbonyl (C=O) groups is 1. The molecule has 0 aromatic rings. The van der Waals surface area contributed by atoms with E-state index in [0.717, 1.165) is 32.1 Å². The number of carboxylic acids is 1. The molecule has 1 unspecified atom stereocenters. The Morgan fingerprint density at radius 2 is 1.86 bits per heavy atom. The second-order valence-electron chi connectivity index (χ2n) is 8.85. The first-order chi connectivity index (χ1) is 9.72. The SMILES string of the molecule is C=C1CC[C@@H]2[C@](C)(CCC3[C@](C)(C(=O)O)CCC[C@]32C)C1. The summed E-state index contributed by atoms with van der Waals surface area (Å²) < 4.78 is 0. The fourth-order valence-electron chi connectivity index (χ4n) is 6.58.